The number of hydrogen-bond donors (Lipinski definition) is 2. The van der Waals surface area contributed by atoms with Gasteiger partial charge in [-0.05, 0) is 18.1 Å². The molecule has 24 heavy (non-hydrogen) atoms. The average molecular weight is 331 g/mol. The molecule has 3 N–H and O–H groups in total. The fourth-order valence-corrected chi connectivity index (χ4v) is 2.51. The number of aromatic amines is 1. The van der Waals surface area contributed by atoms with E-state index in [1.165, 1.54) is 19.4 Å². The average Bonchev–Trinajstić information content (AvgIpc) is 2.99. The molecule has 0 aliphatic carbocycles. The van der Waals surface area contributed by atoms with Gasteiger partial charge in [0.25, 0.3) is 0 Å². The lowest BCUT2D eigenvalue weighted by molar-refractivity contribution is 0.150. The number of hydrogen-bond acceptors (Lipinski definition) is 6. The topological polar surface area (TPSA) is 98.4 Å². The van der Waals surface area contributed by atoms with Crippen LogP contribution in [0.4, 0.5) is 10.1 Å². The Morgan fingerprint density at radius 2 is 2.21 bits per heavy atom. The number of nitrogens with two attached hydrogens (primary N) is 1. The second kappa shape index (κ2) is 7.22. The summed E-state index contributed by atoms with van der Waals surface area (Å²) >= 11 is 0. The van der Waals surface area contributed by atoms with Crippen molar-refractivity contribution in [1.29, 1.82) is 0 Å². The van der Waals surface area contributed by atoms with Crippen LogP contribution in [-0.4, -0.2) is 41.2 Å². The first-order valence-electron chi connectivity index (χ1n) is 7.52. The summed E-state index contributed by atoms with van der Waals surface area (Å²) in [5, 5.41) is 6.61. The molecule has 2 aromatic rings. The minimum absolute atomic E-state index is 0.0620. The Bertz CT molecular complexity index is 771. The van der Waals surface area contributed by atoms with Crippen LogP contribution in [0.1, 0.15) is 18.4 Å². The maximum atomic E-state index is 13.9. The van der Waals surface area contributed by atoms with E-state index in [9.17, 15) is 4.39 Å². The van der Waals surface area contributed by atoms with Crippen LogP contribution in [-0.2, 0) is 4.74 Å². The highest BCUT2D eigenvalue weighted by Crippen LogP contribution is 2.25. The number of H-pyrrole nitrogens is 1. The first-order chi connectivity index (χ1) is 11.7. The van der Waals surface area contributed by atoms with Gasteiger partial charge in [0.05, 0.1) is 26.5 Å². The molecule has 3 rings (SSSR count). The number of pyridine rings is 1. The van der Waals surface area contributed by atoms with E-state index in [1.807, 2.05) is 0 Å². The van der Waals surface area contributed by atoms with E-state index in [0.29, 0.717) is 43.0 Å². The van der Waals surface area contributed by atoms with Crippen LogP contribution in [0.3, 0.4) is 0 Å². The molecule has 8 heteroatoms. The van der Waals surface area contributed by atoms with Crippen molar-refractivity contribution in [2.24, 2.45) is 10.7 Å². The van der Waals surface area contributed by atoms with Crippen LogP contribution in [0.25, 0.3) is 5.70 Å². The Morgan fingerprint density at radius 1 is 1.38 bits per heavy atom. The summed E-state index contributed by atoms with van der Waals surface area (Å²) in [4.78, 5) is 8.53. The Labute approximate surface area is 138 Å². The highest BCUT2D eigenvalue weighted by Gasteiger charge is 2.18. The summed E-state index contributed by atoms with van der Waals surface area (Å²) in [6.07, 6.45) is 6.03. The zero-order valence-electron chi connectivity index (χ0n) is 13.3. The summed E-state index contributed by atoms with van der Waals surface area (Å²) in [5.41, 5.74) is 9.57. The van der Waals surface area contributed by atoms with Crippen molar-refractivity contribution in [2.45, 2.75) is 12.8 Å². The highest BCUT2D eigenvalue weighted by atomic mass is 19.1. The van der Waals surface area contributed by atoms with Gasteiger partial charge in [-0.2, -0.15) is 5.10 Å². The minimum Gasteiger partial charge on any atom is -0.479 e. The van der Waals surface area contributed by atoms with E-state index in [1.54, 1.807) is 12.4 Å². The van der Waals surface area contributed by atoms with Gasteiger partial charge in [-0.1, -0.05) is 0 Å². The van der Waals surface area contributed by atoms with Gasteiger partial charge in [0.15, 0.2) is 5.82 Å². The number of nitrogens with zero attached hydrogens (tertiary/aromatic N) is 3. The van der Waals surface area contributed by atoms with E-state index in [0.717, 1.165) is 11.3 Å². The third-order valence-corrected chi connectivity index (χ3v) is 3.71. The monoisotopic (exact) mass is 331 g/mol. The van der Waals surface area contributed by atoms with Gasteiger partial charge in [0.1, 0.15) is 5.69 Å². The van der Waals surface area contributed by atoms with Crippen LogP contribution in [0.5, 0.6) is 5.88 Å². The number of aliphatic imine (C=N–C) groups is 1. The van der Waals surface area contributed by atoms with E-state index < -0.39 is 5.82 Å². The van der Waals surface area contributed by atoms with Crippen molar-refractivity contribution >= 4 is 17.1 Å². The van der Waals surface area contributed by atoms with Crippen LogP contribution in [0.2, 0.25) is 0 Å². The molecule has 0 unspecified atom stereocenters. The molecular formula is C16H18FN5O2. The molecule has 2 aromatic heterocycles. The minimum atomic E-state index is -0.559. The Kier molecular flexibility index (Phi) is 4.85. The standard InChI is InChI=1S/C16H18FN5O2/c1-23-16-13(17)6-10(7-19-16)15(18)12-2-4-24-5-3-14(12)22-11-8-20-21-9-11/h6-9H,2-5,18H2,1H3,(H,20,21). The smallest absolute Gasteiger partial charge is 0.250 e. The van der Waals surface area contributed by atoms with Crippen LogP contribution < -0.4 is 10.5 Å². The van der Waals surface area contributed by atoms with Gasteiger partial charge in [-0.25, -0.2) is 14.4 Å². The lowest BCUT2D eigenvalue weighted by atomic mass is 9.99. The number of methoxy groups -OCH3 is 1. The third kappa shape index (κ3) is 3.43. The molecular weight excluding hydrogens is 313 g/mol. The predicted octanol–water partition coefficient (Wildman–Crippen LogP) is 2.21. The SMILES string of the molecule is COc1ncc(C(N)=C2CCOCCC2=Nc2cn[nH]c2)cc1F. The summed E-state index contributed by atoms with van der Waals surface area (Å²) in [5.74, 6) is -0.621. The highest BCUT2D eigenvalue weighted by molar-refractivity contribution is 6.07. The summed E-state index contributed by atoms with van der Waals surface area (Å²) in [6.45, 7) is 1.09. The third-order valence-electron chi connectivity index (χ3n) is 3.71. The maximum Gasteiger partial charge on any atom is 0.250 e. The molecule has 126 valence electrons. The molecule has 0 radical (unpaired) electrons. The Hall–Kier alpha value is -2.74. The van der Waals surface area contributed by atoms with Gasteiger partial charge in [-0.15, -0.1) is 0 Å². The lowest BCUT2D eigenvalue weighted by Crippen LogP contribution is -2.11. The molecule has 0 saturated carbocycles. The predicted molar refractivity (Wildman–Crippen MR) is 87.6 cm³/mol. The van der Waals surface area contributed by atoms with Gasteiger partial charge in [0, 0.05) is 35.8 Å². The van der Waals surface area contributed by atoms with E-state index >= 15 is 0 Å². The summed E-state index contributed by atoms with van der Waals surface area (Å²) in [7, 11) is 1.37. The van der Waals surface area contributed by atoms with Gasteiger partial charge < -0.3 is 15.2 Å². The number of aromatic nitrogens is 3. The van der Waals surface area contributed by atoms with Crippen molar-refractivity contribution in [3.8, 4) is 5.88 Å². The van der Waals surface area contributed by atoms with Crippen LogP contribution in [0, 0.1) is 5.82 Å². The van der Waals surface area contributed by atoms with Crippen molar-refractivity contribution in [3.05, 3.63) is 41.6 Å². The fraction of sp³-hybridized carbons (Fsp3) is 0.312. The number of halogens is 1. The van der Waals surface area contributed by atoms with Crippen molar-refractivity contribution in [1.82, 2.24) is 15.2 Å². The zero-order valence-corrected chi connectivity index (χ0v) is 13.3. The lowest BCUT2D eigenvalue weighted by Gasteiger charge is -2.12. The van der Waals surface area contributed by atoms with Gasteiger partial charge in [0.2, 0.25) is 5.88 Å². The molecule has 7 nitrogen and oxygen atoms in total. The van der Waals surface area contributed by atoms with Crippen LogP contribution in [0.15, 0.2) is 35.2 Å². The molecule has 1 saturated heterocycles. The van der Waals surface area contributed by atoms with Gasteiger partial charge in [-0.3, -0.25) is 5.10 Å². The van der Waals surface area contributed by atoms with E-state index in [-0.39, 0.29) is 5.88 Å². The second-order valence-corrected chi connectivity index (χ2v) is 5.23. The fourth-order valence-electron chi connectivity index (χ4n) is 2.51. The number of ether oxygens (including phenoxy) is 2. The van der Waals surface area contributed by atoms with Crippen LogP contribution >= 0.6 is 0 Å². The summed E-state index contributed by atoms with van der Waals surface area (Å²) in [6, 6.07) is 1.31. The quantitative estimate of drug-likeness (QED) is 0.898. The number of rotatable bonds is 3. The molecule has 0 bridgehead atoms. The number of nitrogens with one attached hydrogen (secondary N) is 1. The molecule has 3 heterocycles. The molecule has 0 amide bonds. The first kappa shape index (κ1) is 16.1. The second-order valence-electron chi connectivity index (χ2n) is 5.23. The van der Waals surface area contributed by atoms with Crippen molar-refractivity contribution in [2.75, 3.05) is 20.3 Å². The van der Waals surface area contributed by atoms with Gasteiger partial charge >= 0.3 is 0 Å². The summed E-state index contributed by atoms with van der Waals surface area (Å²) < 4.78 is 24.3. The largest absolute Gasteiger partial charge is 0.479 e. The Balaban J connectivity index is 2.03. The zero-order chi connectivity index (χ0) is 16.9. The molecule has 1 fully saturated rings. The Morgan fingerprint density at radius 3 is 2.92 bits per heavy atom. The molecule has 1 aliphatic rings. The molecule has 0 spiro atoms. The normalized spacial score (nSPS) is 19.2. The van der Waals surface area contributed by atoms with Crippen molar-refractivity contribution in [3.63, 3.8) is 0 Å². The van der Waals surface area contributed by atoms with E-state index in [4.69, 9.17) is 15.2 Å². The van der Waals surface area contributed by atoms with Crippen molar-refractivity contribution < 1.29 is 13.9 Å². The first-order valence-corrected chi connectivity index (χ1v) is 7.52. The maximum absolute atomic E-state index is 13.9. The molecule has 1 aliphatic heterocycles. The van der Waals surface area contributed by atoms with E-state index in [2.05, 4.69) is 20.2 Å². The molecule has 0 atom stereocenters. The molecule has 0 aromatic carbocycles.